The second-order valence-corrected chi connectivity index (χ2v) is 8.55. The zero-order valence-corrected chi connectivity index (χ0v) is 19.0. The number of esters is 1. The highest BCUT2D eigenvalue weighted by Gasteiger charge is 2.31. The van der Waals surface area contributed by atoms with Crippen LogP contribution < -0.4 is 5.32 Å². The van der Waals surface area contributed by atoms with Gasteiger partial charge >= 0.3 is 5.97 Å². The highest BCUT2D eigenvalue weighted by atomic mass is 32.2. The maximum Gasteiger partial charge on any atom is 0.338 e. The van der Waals surface area contributed by atoms with E-state index < -0.39 is 5.97 Å². The molecule has 0 unspecified atom stereocenters. The van der Waals surface area contributed by atoms with E-state index in [4.69, 9.17) is 17.0 Å². The van der Waals surface area contributed by atoms with Gasteiger partial charge in [-0.15, -0.1) is 0 Å². The van der Waals surface area contributed by atoms with Crippen LogP contribution in [0.3, 0.4) is 0 Å². The molecule has 1 fully saturated rings. The Hall–Kier alpha value is -3.17. The quantitative estimate of drug-likeness (QED) is 0.339. The molecule has 2 aromatic carbocycles. The monoisotopic (exact) mass is 470 g/mol. The summed E-state index contributed by atoms with van der Waals surface area (Å²) in [6, 6.07) is 13.0. The van der Waals surface area contributed by atoms with Crippen LogP contribution in [0.4, 0.5) is 5.69 Å². The number of carbonyl (C=O) groups excluding carboxylic acids is 3. The molecule has 32 heavy (non-hydrogen) atoms. The van der Waals surface area contributed by atoms with Crippen molar-refractivity contribution in [1.29, 1.82) is 0 Å². The molecule has 3 rings (SSSR count). The topological polar surface area (TPSA) is 95.9 Å². The summed E-state index contributed by atoms with van der Waals surface area (Å²) in [6.45, 7) is 2.38. The van der Waals surface area contributed by atoms with E-state index in [1.807, 2.05) is 0 Å². The Labute approximate surface area is 195 Å². The average molecular weight is 471 g/mol. The van der Waals surface area contributed by atoms with Gasteiger partial charge in [-0.05, 0) is 61.4 Å². The van der Waals surface area contributed by atoms with Crippen molar-refractivity contribution in [1.82, 2.24) is 4.90 Å². The normalized spacial score (nSPS) is 14.7. The molecule has 1 saturated heterocycles. The first kappa shape index (κ1) is 23.5. The zero-order valence-electron chi connectivity index (χ0n) is 17.4. The molecule has 0 saturated carbocycles. The number of thioether (sulfide) groups is 1. The number of anilines is 1. The summed E-state index contributed by atoms with van der Waals surface area (Å²) in [4.78, 5) is 38.5. The number of amides is 2. The van der Waals surface area contributed by atoms with Gasteiger partial charge in [0.1, 0.15) is 10.1 Å². The van der Waals surface area contributed by atoms with Gasteiger partial charge in [0, 0.05) is 18.7 Å². The molecule has 2 N–H and O–H groups in total. The Morgan fingerprint density at radius 1 is 1.16 bits per heavy atom. The number of nitrogens with zero attached hydrogens (tertiary/aromatic N) is 1. The average Bonchev–Trinajstić information content (AvgIpc) is 3.03. The number of rotatable bonds is 8. The Bertz CT molecular complexity index is 1050. The summed E-state index contributed by atoms with van der Waals surface area (Å²) in [5, 5.41) is 12.1. The van der Waals surface area contributed by atoms with Crippen LogP contribution in [0.2, 0.25) is 0 Å². The van der Waals surface area contributed by atoms with E-state index >= 15 is 0 Å². The molecule has 0 aromatic heterocycles. The third kappa shape index (κ3) is 6.18. The molecule has 0 spiro atoms. The minimum Gasteiger partial charge on any atom is -0.508 e. The second kappa shape index (κ2) is 10.9. The van der Waals surface area contributed by atoms with E-state index in [-0.39, 0.29) is 24.0 Å². The van der Waals surface area contributed by atoms with Crippen molar-refractivity contribution in [3.8, 4) is 5.75 Å². The molecule has 0 aliphatic carbocycles. The first-order chi connectivity index (χ1) is 15.4. The lowest BCUT2D eigenvalue weighted by Crippen LogP contribution is -2.29. The summed E-state index contributed by atoms with van der Waals surface area (Å²) in [5.41, 5.74) is 1.78. The van der Waals surface area contributed by atoms with Gasteiger partial charge in [-0.2, -0.15) is 0 Å². The lowest BCUT2D eigenvalue weighted by molar-refractivity contribution is -0.122. The maximum absolute atomic E-state index is 12.6. The van der Waals surface area contributed by atoms with Crippen molar-refractivity contribution < 1.29 is 24.2 Å². The first-order valence-electron chi connectivity index (χ1n) is 9.99. The number of phenols is 1. The van der Waals surface area contributed by atoms with Crippen LogP contribution in [0.1, 0.15) is 35.7 Å². The summed E-state index contributed by atoms with van der Waals surface area (Å²) in [5.74, 6) is -0.641. The van der Waals surface area contributed by atoms with Gasteiger partial charge in [0.25, 0.3) is 5.91 Å². The summed E-state index contributed by atoms with van der Waals surface area (Å²) in [6.07, 6.45) is 2.39. The van der Waals surface area contributed by atoms with Crippen LogP contribution in [0.25, 0.3) is 6.08 Å². The van der Waals surface area contributed by atoms with E-state index in [0.717, 1.165) is 5.56 Å². The third-order valence-electron chi connectivity index (χ3n) is 4.53. The van der Waals surface area contributed by atoms with E-state index in [0.29, 0.717) is 40.0 Å². The van der Waals surface area contributed by atoms with Crippen LogP contribution in [0.5, 0.6) is 5.75 Å². The molecule has 9 heteroatoms. The predicted molar refractivity (Wildman–Crippen MR) is 128 cm³/mol. The number of hydrogen-bond acceptors (Lipinski definition) is 7. The minimum atomic E-state index is -0.409. The number of aromatic hydroxyl groups is 1. The highest BCUT2D eigenvalue weighted by molar-refractivity contribution is 8.26. The molecule has 0 radical (unpaired) electrons. The summed E-state index contributed by atoms with van der Waals surface area (Å²) >= 11 is 6.53. The van der Waals surface area contributed by atoms with Crippen molar-refractivity contribution in [2.45, 2.75) is 19.8 Å². The largest absolute Gasteiger partial charge is 0.508 e. The van der Waals surface area contributed by atoms with Crippen LogP contribution >= 0.6 is 24.0 Å². The van der Waals surface area contributed by atoms with Gasteiger partial charge in [0.15, 0.2) is 0 Å². The zero-order chi connectivity index (χ0) is 23.1. The van der Waals surface area contributed by atoms with Crippen LogP contribution in [-0.2, 0) is 14.3 Å². The van der Waals surface area contributed by atoms with Crippen molar-refractivity contribution in [2.75, 3.05) is 18.5 Å². The fraction of sp³-hybridized carbons (Fsp3) is 0.217. The smallest absolute Gasteiger partial charge is 0.338 e. The molecule has 166 valence electrons. The molecular formula is C23H22N2O5S2. The van der Waals surface area contributed by atoms with E-state index in [9.17, 15) is 19.5 Å². The molecule has 0 bridgehead atoms. The lowest BCUT2D eigenvalue weighted by atomic mass is 10.2. The number of phenolic OH excluding ortho intramolecular Hbond substituents is 1. The fourth-order valence-electron chi connectivity index (χ4n) is 2.94. The molecule has 0 atom stereocenters. The Balaban J connectivity index is 1.48. The van der Waals surface area contributed by atoms with E-state index in [1.54, 1.807) is 61.5 Å². The maximum atomic E-state index is 12.6. The van der Waals surface area contributed by atoms with Crippen LogP contribution in [-0.4, -0.2) is 45.3 Å². The lowest BCUT2D eigenvalue weighted by Gasteiger charge is -2.14. The summed E-state index contributed by atoms with van der Waals surface area (Å²) < 4.78 is 5.38. The SMILES string of the molecule is CCOC(=O)c1ccc(NC(=O)CCCN2C(=O)/C(=C/c3ccc(O)cc3)SC2=S)cc1. The Kier molecular flexibility index (Phi) is 8.02. The second-order valence-electron chi connectivity index (χ2n) is 6.87. The standard InChI is InChI=1S/C23H22N2O5S2/c1-2-30-22(29)16-7-9-17(10-8-16)24-20(27)4-3-13-25-21(28)19(32-23(25)31)14-15-5-11-18(26)12-6-15/h5-12,14,26H,2-4,13H2,1H3,(H,24,27)/b19-14-. The Morgan fingerprint density at radius 2 is 1.84 bits per heavy atom. The van der Waals surface area contributed by atoms with Gasteiger partial charge in [0.2, 0.25) is 5.91 Å². The van der Waals surface area contributed by atoms with Gasteiger partial charge in [0.05, 0.1) is 17.1 Å². The van der Waals surface area contributed by atoms with Crippen molar-refractivity contribution in [2.24, 2.45) is 0 Å². The number of hydrogen-bond donors (Lipinski definition) is 2. The minimum absolute atomic E-state index is 0.155. The molecule has 2 aromatic rings. The number of ether oxygens (including phenoxy) is 1. The van der Waals surface area contributed by atoms with Gasteiger partial charge in [-0.3, -0.25) is 14.5 Å². The van der Waals surface area contributed by atoms with Gasteiger partial charge in [-0.1, -0.05) is 36.1 Å². The Morgan fingerprint density at radius 3 is 2.50 bits per heavy atom. The molecule has 7 nitrogen and oxygen atoms in total. The van der Waals surface area contributed by atoms with E-state index in [2.05, 4.69) is 5.32 Å². The molecular weight excluding hydrogens is 448 g/mol. The summed E-state index contributed by atoms with van der Waals surface area (Å²) in [7, 11) is 0. The number of nitrogens with one attached hydrogen (secondary N) is 1. The van der Waals surface area contributed by atoms with Crippen molar-refractivity contribution >= 4 is 57.8 Å². The van der Waals surface area contributed by atoms with Crippen molar-refractivity contribution in [3.63, 3.8) is 0 Å². The van der Waals surface area contributed by atoms with Crippen molar-refractivity contribution in [3.05, 3.63) is 64.6 Å². The molecule has 1 aliphatic rings. The fourth-order valence-corrected chi connectivity index (χ4v) is 4.25. The number of carbonyl (C=O) groups is 3. The molecule has 1 aliphatic heterocycles. The first-order valence-corrected chi connectivity index (χ1v) is 11.2. The predicted octanol–water partition coefficient (Wildman–Crippen LogP) is 4.19. The van der Waals surface area contributed by atoms with Crippen LogP contribution in [0.15, 0.2) is 53.4 Å². The number of thiocarbonyl (C=S) groups is 1. The third-order valence-corrected chi connectivity index (χ3v) is 5.91. The van der Waals surface area contributed by atoms with Gasteiger partial charge < -0.3 is 15.2 Å². The highest BCUT2D eigenvalue weighted by Crippen LogP contribution is 2.32. The number of benzene rings is 2. The molecule has 1 heterocycles. The molecule has 2 amide bonds. The van der Waals surface area contributed by atoms with Gasteiger partial charge in [-0.25, -0.2) is 4.79 Å². The van der Waals surface area contributed by atoms with E-state index in [1.165, 1.54) is 16.7 Å². The van der Waals surface area contributed by atoms with Crippen LogP contribution in [0, 0.1) is 0 Å².